The van der Waals surface area contributed by atoms with Crippen LogP contribution in [0.2, 0.25) is 0 Å². The van der Waals surface area contributed by atoms with Gasteiger partial charge in [-0.1, -0.05) is 6.07 Å². The van der Waals surface area contributed by atoms with Crippen LogP contribution in [0.1, 0.15) is 11.3 Å². The van der Waals surface area contributed by atoms with Crippen molar-refractivity contribution >= 4 is 10.0 Å². The van der Waals surface area contributed by atoms with Gasteiger partial charge < -0.3 is 9.47 Å². The van der Waals surface area contributed by atoms with E-state index in [2.05, 4.69) is 9.82 Å². The van der Waals surface area contributed by atoms with Crippen LogP contribution >= 0.6 is 0 Å². The molecule has 1 aromatic carbocycles. The molecule has 0 fully saturated rings. The van der Waals surface area contributed by atoms with Gasteiger partial charge in [-0.05, 0) is 24.6 Å². The Bertz CT molecular complexity index is 783. The van der Waals surface area contributed by atoms with Gasteiger partial charge in [-0.25, -0.2) is 13.1 Å². The normalized spacial score (nSPS) is 13.6. The van der Waals surface area contributed by atoms with Crippen LogP contribution in [0.4, 0.5) is 0 Å². The smallest absolute Gasteiger partial charge is 0.244 e. The average Bonchev–Trinajstić information content (AvgIpc) is 3.04. The lowest BCUT2D eigenvalue weighted by Crippen LogP contribution is -2.23. The summed E-state index contributed by atoms with van der Waals surface area (Å²) in [7, 11) is -1.89. The van der Waals surface area contributed by atoms with E-state index in [-0.39, 0.29) is 18.2 Å². The fraction of sp³-hybridized carbons (Fsp3) is 0.308. The summed E-state index contributed by atoms with van der Waals surface area (Å²) in [5.74, 6) is 1.30. The third-order valence-corrected chi connectivity index (χ3v) is 4.89. The van der Waals surface area contributed by atoms with Crippen molar-refractivity contribution in [1.29, 1.82) is 0 Å². The summed E-state index contributed by atoms with van der Waals surface area (Å²) in [5.41, 5.74) is 1.39. The average molecular weight is 309 g/mol. The van der Waals surface area contributed by atoms with E-state index >= 15 is 0 Å². The number of fused-ring (bicyclic) bond motifs is 1. The standard InChI is InChI=1S/C13H15N3O4S/c1-9-13(7-14-16(9)2)21(17,18)15-6-10-3-4-11-12(5-10)20-8-19-11/h3-5,7,15H,6,8H2,1-2H3. The molecule has 8 heteroatoms. The highest BCUT2D eigenvalue weighted by Gasteiger charge is 2.20. The SMILES string of the molecule is Cc1c(S(=O)(=O)NCc2ccc3c(c2)OCO3)cnn1C. The second-order valence-electron chi connectivity index (χ2n) is 4.73. The molecule has 1 N–H and O–H groups in total. The van der Waals surface area contributed by atoms with Gasteiger partial charge in [0.25, 0.3) is 0 Å². The zero-order valence-corrected chi connectivity index (χ0v) is 12.5. The van der Waals surface area contributed by atoms with Crippen molar-refractivity contribution in [1.82, 2.24) is 14.5 Å². The number of ether oxygens (including phenoxy) is 2. The van der Waals surface area contributed by atoms with Gasteiger partial charge in [-0.15, -0.1) is 0 Å². The topological polar surface area (TPSA) is 82.5 Å². The van der Waals surface area contributed by atoms with Gasteiger partial charge in [0.2, 0.25) is 16.8 Å². The van der Waals surface area contributed by atoms with Crippen LogP contribution in [-0.2, 0) is 23.6 Å². The molecule has 0 saturated heterocycles. The van der Waals surface area contributed by atoms with Crippen LogP contribution in [0.15, 0.2) is 29.3 Å². The van der Waals surface area contributed by atoms with Crippen molar-refractivity contribution < 1.29 is 17.9 Å². The van der Waals surface area contributed by atoms with Gasteiger partial charge in [-0.3, -0.25) is 4.68 Å². The Labute approximate surface area is 122 Å². The van der Waals surface area contributed by atoms with Gasteiger partial charge in [0, 0.05) is 13.6 Å². The Hall–Kier alpha value is -2.06. The Morgan fingerprint density at radius 2 is 2.10 bits per heavy atom. The lowest BCUT2D eigenvalue weighted by molar-refractivity contribution is 0.174. The van der Waals surface area contributed by atoms with Crippen molar-refractivity contribution in [2.75, 3.05) is 6.79 Å². The van der Waals surface area contributed by atoms with Crippen LogP contribution in [0.5, 0.6) is 11.5 Å². The van der Waals surface area contributed by atoms with Crippen LogP contribution in [-0.4, -0.2) is 25.0 Å². The van der Waals surface area contributed by atoms with Crippen molar-refractivity contribution in [3.8, 4) is 11.5 Å². The molecule has 0 bridgehead atoms. The molecule has 2 aromatic rings. The summed E-state index contributed by atoms with van der Waals surface area (Å²) < 4.78 is 39.1. The van der Waals surface area contributed by atoms with Crippen molar-refractivity contribution in [3.63, 3.8) is 0 Å². The Kier molecular flexibility index (Phi) is 3.34. The molecule has 0 atom stereocenters. The fourth-order valence-corrected chi connectivity index (χ4v) is 3.27. The third kappa shape index (κ3) is 2.59. The molecule has 0 unspecified atom stereocenters. The second-order valence-corrected chi connectivity index (χ2v) is 6.47. The number of rotatable bonds is 4. The van der Waals surface area contributed by atoms with E-state index < -0.39 is 10.0 Å². The Morgan fingerprint density at radius 3 is 2.81 bits per heavy atom. The number of sulfonamides is 1. The Balaban J connectivity index is 1.76. The molecule has 0 spiro atoms. The van der Waals surface area contributed by atoms with Gasteiger partial charge in [0.15, 0.2) is 11.5 Å². The highest BCUT2D eigenvalue weighted by Crippen LogP contribution is 2.32. The second kappa shape index (κ2) is 5.05. The molecule has 7 nitrogen and oxygen atoms in total. The lowest BCUT2D eigenvalue weighted by atomic mass is 10.2. The van der Waals surface area contributed by atoms with Crippen LogP contribution < -0.4 is 14.2 Å². The highest BCUT2D eigenvalue weighted by molar-refractivity contribution is 7.89. The summed E-state index contributed by atoms with van der Waals surface area (Å²) in [6.07, 6.45) is 1.34. The molecule has 3 rings (SSSR count). The molecule has 1 aliphatic heterocycles. The molecule has 0 amide bonds. The van der Waals surface area contributed by atoms with Crippen molar-refractivity contribution in [2.24, 2.45) is 7.05 Å². The number of nitrogens with one attached hydrogen (secondary N) is 1. The minimum atomic E-state index is -3.59. The van der Waals surface area contributed by atoms with Gasteiger partial charge in [0.05, 0.1) is 11.9 Å². The zero-order valence-electron chi connectivity index (χ0n) is 11.7. The van der Waals surface area contributed by atoms with Gasteiger partial charge in [0.1, 0.15) is 4.90 Å². The molecule has 21 heavy (non-hydrogen) atoms. The first kappa shape index (κ1) is 13.9. The van der Waals surface area contributed by atoms with Crippen LogP contribution in [0.3, 0.4) is 0 Å². The maximum Gasteiger partial charge on any atom is 0.244 e. The fourth-order valence-electron chi connectivity index (χ4n) is 2.05. The van der Waals surface area contributed by atoms with Gasteiger partial charge in [-0.2, -0.15) is 5.10 Å². The molecule has 1 aliphatic rings. The van der Waals surface area contributed by atoms with E-state index in [9.17, 15) is 8.42 Å². The Morgan fingerprint density at radius 1 is 1.33 bits per heavy atom. The summed E-state index contributed by atoms with van der Waals surface area (Å²) in [6, 6.07) is 5.33. The molecule has 0 radical (unpaired) electrons. The predicted octanol–water partition coefficient (Wildman–Crippen LogP) is 0.936. The summed E-state index contributed by atoms with van der Waals surface area (Å²) >= 11 is 0. The summed E-state index contributed by atoms with van der Waals surface area (Å²) in [4.78, 5) is 0.186. The number of aromatic nitrogens is 2. The first-order valence-corrected chi connectivity index (χ1v) is 7.82. The first-order chi connectivity index (χ1) is 9.97. The maximum atomic E-state index is 12.3. The molecule has 2 heterocycles. The number of hydrogen-bond acceptors (Lipinski definition) is 5. The third-order valence-electron chi connectivity index (χ3n) is 3.38. The molecule has 112 valence electrons. The van der Waals surface area contributed by atoms with E-state index in [4.69, 9.17) is 9.47 Å². The summed E-state index contributed by atoms with van der Waals surface area (Å²) in [5, 5.41) is 3.95. The van der Waals surface area contributed by atoms with E-state index in [0.717, 1.165) is 5.56 Å². The summed E-state index contributed by atoms with van der Waals surface area (Å²) in [6.45, 7) is 2.08. The number of benzene rings is 1. The van der Waals surface area contributed by atoms with E-state index in [1.165, 1.54) is 10.9 Å². The number of hydrogen-bond donors (Lipinski definition) is 1. The molecular formula is C13H15N3O4S. The van der Waals surface area contributed by atoms with E-state index in [0.29, 0.717) is 17.2 Å². The predicted molar refractivity (Wildman–Crippen MR) is 74.5 cm³/mol. The highest BCUT2D eigenvalue weighted by atomic mass is 32.2. The van der Waals surface area contributed by atoms with Crippen LogP contribution in [0, 0.1) is 6.92 Å². The van der Waals surface area contributed by atoms with E-state index in [1.807, 2.05) is 0 Å². The molecular weight excluding hydrogens is 294 g/mol. The van der Waals surface area contributed by atoms with Gasteiger partial charge >= 0.3 is 0 Å². The van der Waals surface area contributed by atoms with Crippen LogP contribution in [0.25, 0.3) is 0 Å². The maximum absolute atomic E-state index is 12.3. The molecule has 1 aromatic heterocycles. The quantitative estimate of drug-likeness (QED) is 0.908. The van der Waals surface area contributed by atoms with Crippen molar-refractivity contribution in [3.05, 3.63) is 35.7 Å². The largest absolute Gasteiger partial charge is 0.454 e. The number of aryl methyl sites for hydroxylation is 1. The van der Waals surface area contributed by atoms with E-state index in [1.54, 1.807) is 32.2 Å². The zero-order chi connectivity index (χ0) is 15.0. The molecule has 0 aliphatic carbocycles. The molecule has 0 saturated carbocycles. The number of nitrogens with zero attached hydrogens (tertiary/aromatic N) is 2. The minimum absolute atomic E-state index is 0.174. The monoisotopic (exact) mass is 309 g/mol. The minimum Gasteiger partial charge on any atom is -0.454 e. The lowest BCUT2D eigenvalue weighted by Gasteiger charge is -2.07. The van der Waals surface area contributed by atoms with Crippen molar-refractivity contribution in [2.45, 2.75) is 18.4 Å². The first-order valence-electron chi connectivity index (χ1n) is 6.34.